The van der Waals surface area contributed by atoms with Crippen LogP contribution in [0.4, 0.5) is 5.69 Å². The van der Waals surface area contributed by atoms with Crippen LogP contribution in [0, 0.1) is 6.92 Å². The molecule has 0 spiro atoms. The topological polar surface area (TPSA) is 54.3 Å². The molecule has 0 unspecified atom stereocenters. The summed E-state index contributed by atoms with van der Waals surface area (Å²) in [5.74, 6) is -0.0147. The Morgan fingerprint density at radius 1 is 1.38 bits per heavy atom. The Bertz CT molecular complexity index is 717. The minimum absolute atomic E-state index is 0.0147. The number of aromatic nitrogens is 3. The number of anilines is 1. The van der Waals surface area contributed by atoms with Crippen LogP contribution in [0.1, 0.15) is 29.0 Å². The molecule has 0 aromatic carbocycles. The Kier molecular flexibility index (Phi) is 4.76. The Morgan fingerprint density at radius 3 is 2.67 bits per heavy atom. The summed E-state index contributed by atoms with van der Waals surface area (Å²) >= 11 is 6.22. The van der Waals surface area contributed by atoms with E-state index in [1.807, 2.05) is 38.1 Å². The number of carbonyl (C=O) groups is 1. The van der Waals surface area contributed by atoms with E-state index < -0.39 is 0 Å². The Hall–Kier alpha value is -2.08. The second-order valence-electron chi connectivity index (χ2n) is 6.26. The van der Waals surface area contributed by atoms with Crippen molar-refractivity contribution < 1.29 is 4.79 Å². The fourth-order valence-electron chi connectivity index (χ4n) is 3.13. The second kappa shape index (κ2) is 6.81. The number of amides is 1. The van der Waals surface area contributed by atoms with E-state index in [1.165, 1.54) is 0 Å². The maximum atomic E-state index is 12.6. The molecule has 1 fully saturated rings. The molecule has 7 heteroatoms. The Labute approximate surface area is 147 Å². The molecule has 128 valence electrons. The third-order valence-electron chi connectivity index (χ3n) is 4.76. The lowest BCUT2D eigenvalue weighted by Crippen LogP contribution is -2.45. The highest BCUT2D eigenvalue weighted by Gasteiger charge is 2.27. The van der Waals surface area contributed by atoms with Crippen LogP contribution in [0.15, 0.2) is 24.5 Å². The average Bonchev–Trinajstić information content (AvgIpc) is 2.93. The average molecular weight is 348 g/mol. The zero-order valence-electron chi connectivity index (χ0n) is 14.2. The van der Waals surface area contributed by atoms with E-state index in [2.05, 4.69) is 15.0 Å². The highest BCUT2D eigenvalue weighted by Crippen LogP contribution is 2.28. The van der Waals surface area contributed by atoms with Crippen molar-refractivity contribution >= 4 is 23.2 Å². The Balaban J connectivity index is 1.64. The second-order valence-corrected chi connectivity index (χ2v) is 6.66. The van der Waals surface area contributed by atoms with Crippen molar-refractivity contribution in [2.24, 2.45) is 7.05 Å². The lowest BCUT2D eigenvalue weighted by atomic mass is 10.0. The summed E-state index contributed by atoms with van der Waals surface area (Å²) in [6.45, 7) is 3.68. The van der Waals surface area contributed by atoms with E-state index >= 15 is 0 Å². The summed E-state index contributed by atoms with van der Waals surface area (Å²) in [4.78, 5) is 20.7. The van der Waals surface area contributed by atoms with Crippen LogP contribution in [-0.2, 0) is 7.05 Å². The zero-order chi connectivity index (χ0) is 17.3. The van der Waals surface area contributed by atoms with Gasteiger partial charge >= 0.3 is 0 Å². The van der Waals surface area contributed by atoms with Crippen molar-refractivity contribution in [2.45, 2.75) is 25.8 Å². The summed E-state index contributed by atoms with van der Waals surface area (Å²) in [5.41, 5.74) is 2.51. The van der Waals surface area contributed by atoms with E-state index in [-0.39, 0.29) is 11.9 Å². The van der Waals surface area contributed by atoms with E-state index in [1.54, 1.807) is 17.1 Å². The summed E-state index contributed by atoms with van der Waals surface area (Å²) < 4.78 is 1.73. The van der Waals surface area contributed by atoms with Crippen molar-refractivity contribution in [3.05, 3.63) is 40.9 Å². The van der Waals surface area contributed by atoms with Gasteiger partial charge in [-0.25, -0.2) is 0 Å². The van der Waals surface area contributed by atoms with Gasteiger partial charge in [-0.05, 0) is 31.9 Å². The third kappa shape index (κ3) is 3.24. The maximum absolute atomic E-state index is 12.6. The lowest BCUT2D eigenvalue weighted by Gasteiger charge is -2.37. The molecule has 2 aromatic rings. The number of halogens is 1. The molecule has 0 aliphatic carbocycles. The molecular formula is C17H22ClN5O. The molecular weight excluding hydrogens is 326 g/mol. The minimum atomic E-state index is -0.0147. The first-order valence-electron chi connectivity index (χ1n) is 8.09. The molecule has 0 radical (unpaired) electrons. The van der Waals surface area contributed by atoms with Gasteiger partial charge in [0.05, 0.1) is 10.7 Å². The normalized spacial score (nSPS) is 15.6. The molecule has 1 aliphatic rings. The van der Waals surface area contributed by atoms with E-state index in [9.17, 15) is 4.79 Å². The van der Waals surface area contributed by atoms with Crippen molar-refractivity contribution in [3.63, 3.8) is 0 Å². The fourth-order valence-corrected chi connectivity index (χ4v) is 3.37. The molecule has 1 saturated heterocycles. The molecule has 3 heterocycles. The first-order chi connectivity index (χ1) is 11.5. The van der Waals surface area contributed by atoms with Gasteiger partial charge in [0, 0.05) is 51.3 Å². The van der Waals surface area contributed by atoms with Crippen molar-refractivity contribution in [2.75, 3.05) is 25.0 Å². The molecule has 1 amide bonds. The summed E-state index contributed by atoms with van der Waals surface area (Å²) in [6, 6.07) is 4.00. The largest absolute Gasteiger partial charge is 0.370 e. The van der Waals surface area contributed by atoms with Crippen LogP contribution in [0.3, 0.4) is 0 Å². The Morgan fingerprint density at radius 2 is 2.08 bits per heavy atom. The number of pyridine rings is 1. The van der Waals surface area contributed by atoms with Gasteiger partial charge < -0.3 is 9.80 Å². The molecule has 0 saturated carbocycles. The van der Waals surface area contributed by atoms with Crippen molar-refractivity contribution in [3.8, 4) is 0 Å². The summed E-state index contributed by atoms with van der Waals surface area (Å²) in [6.07, 6.45) is 5.24. The van der Waals surface area contributed by atoms with Gasteiger partial charge in [-0.1, -0.05) is 11.6 Å². The van der Waals surface area contributed by atoms with Gasteiger partial charge in [-0.2, -0.15) is 5.10 Å². The number of carbonyl (C=O) groups excluding carboxylic acids is 1. The van der Waals surface area contributed by atoms with Crippen LogP contribution in [-0.4, -0.2) is 51.8 Å². The number of hydrogen-bond donors (Lipinski definition) is 0. The predicted octanol–water partition coefficient (Wildman–Crippen LogP) is 2.52. The van der Waals surface area contributed by atoms with Gasteiger partial charge in [0.15, 0.2) is 5.69 Å². The predicted molar refractivity (Wildman–Crippen MR) is 94.5 cm³/mol. The van der Waals surface area contributed by atoms with Gasteiger partial charge in [-0.15, -0.1) is 0 Å². The van der Waals surface area contributed by atoms with E-state index in [4.69, 9.17) is 11.6 Å². The number of hydrogen-bond acceptors (Lipinski definition) is 4. The van der Waals surface area contributed by atoms with Crippen molar-refractivity contribution in [1.82, 2.24) is 19.7 Å². The SMILES string of the molecule is Cc1cc(C(=O)N(C)C2CCN(c3ccncc3Cl)CC2)nn1C. The van der Waals surface area contributed by atoms with Gasteiger partial charge in [-0.3, -0.25) is 14.5 Å². The summed E-state index contributed by atoms with van der Waals surface area (Å²) in [7, 11) is 3.72. The van der Waals surface area contributed by atoms with Gasteiger partial charge in [0.2, 0.25) is 0 Å². The smallest absolute Gasteiger partial charge is 0.274 e. The molecule has 24 heavy (non-hydrogen) atoms. The molecule has 0 bridgehead atoms. The van der Waals surface area contributed by atoms with Crippen LogP contribution >= 0.6 is 11.6 Å². The monoisotopic (exact) mass is 347 g/mol. The number of piperidine rings is 1. The van der Waals surface area contributed by atoms with E-state index in [0.717, 1.165) is 37.3 Å². The minimum Gasteiger partial charge on any atom is -0.370 e. The molecule has 6 nitrogen and oxygen atoms in total. The molecule has 0 atom stereocenters. The number of rotatable bonds is 3. The number of aryl methyl sites for hydroxylation is 2. The molecule has 3 rings (SSSR count). The molecule has 1 aliphatic heterocycles. The van der Waals surface area contributed by atoms with Crippen LogP contribution in [0.2, 0.25) is 5.02 Å². The standard InChI is InChI=1S/C17H22ClN5O/c1-12-10-15(20-22(12)3)17(24)21(2)13-5-8-23(9-6-13)16-4-7-19-11-14(16)18/h4,7,10-11,13H,5-6,8-9H2,1-3H3. The number of nitrogens with zero attached hydrogens (tertiary/aromatic N) is 5. The maximum Gasteiger partial charge on any atom is 0.274 e. The van der Waals surface area contributed by atoms with Crippen LogP contribution in [0.25, 0.3) is 0 Å². The quantitative estimate of drug-likeness (QED) is 0.856. The fraction of sp³-hybridized carbons (Fsp3) is 0.471. The molecule has 2 aromatic heterocycles. The highest BCUT2D eigenvalue weighted by atomic mass is 35.5. The molecule has 0 N–H and O–H groups in total. The van der Waals surface area contributed by atoms with Gasteiger partial charge in [0.1, 0.15) is 0 Å². The first-order valence-corrected chi connectivity index (χ1v) is 8.47. The van der Waals surface area contributed by atoms with E-state index in [0.29, 0.717) is 10.7 Å². The van der Waals surface area contributed by atoms with Crippen LogP contribution in [0.5, 0.6) is 0 Å². The first kappa shape index (κ1) is 16.8. The lowest BCUT2D eigenvalue weighted by molar-refractivity contribution is 0.0702. The highest BCUT2D eigenvalue weighted by molar-refractivity contribution is 6.33. The van der Waals surface area contributed by atoms with Gasteiger partial charge in [0.25, 0.3) is 5.91 Å². The zero-order valence-corrected chi connectivity index (χ0v) is 15.0. The van der Waals surface area contributed by atoms with Crippen molar-refractivity contribution in [1.29, 1.82) is 0 Å². The third-order valence-corrected chi connectivity index (χ3v) is 5.05. The van der Waals surface area contributed by atoms with Crippen LogP contribution < -0.4 is 4.90 Å². The summed E-state index contributed by atoms with van der Waals surface area (Å²) in [5, 5.41) is 4.96.